The lowest BCUT2D eigenvalue weighted by molar-refractivity contribution is 0.265. The van der Waals surface area contributed by atoms with Gasteiger partial charge in [-0.15, -0.1) is 0 Å². The van der Waals surface area contributed by atoms with E-state index in [1.54, 1.807) is 0 Å². The largest absolute Gasteiger partial charge is 0.300 e. The van der Waals surface area contributed by atoms with Crippen LogP contribution in [0, 0.1) is 11.8 Å². The van der Waals surface area contributed by atoms with E-state index in [1.807, 2.05) is 0 Å². The molecule has 0 aromatic carbocycles. The maximum Gasteiger partial charge on any atom is 0.0128 e. The molecule has 1 saturated heterocycles. The molecule has 0 N–H and O–H groups in total. The van der Waals surface area contributed by atoms with Gasteiger partial charge >= 0.3 is 0 Å². The molecule has 0 radical (unpaired) electrons. The molecule has 2 rings (SSSR count). The Bertz CT molecular complexity index is 131. The van der Waals surface area contributed by atoms with E-state index in [4.69, 9.17) is 0 Å². The molecule has 0 spiro atoms. The third-order valence-corrected chi connectivity index (χ3v) is 2.74. The number of likely N-dealkylation sites (tertiary alicyclic amines) is 1. The summed E-state index contributed by atoms with van der Waals surface area (Å²) in [5.41, 5.74) is 0. The Hall–Kier alpha value is -0.0400. The fourth-order valence-corrected chi connectivity index (χ4v) is 2.18. The van der Waals surface area contributed by atoms with E-state index < -0.39 is 0 Å². The molecule has 0 unspecified atom stereocenters. The van der Waals surface area contributed by atoms with Crippen LogP contribution in [0.1, 0.15) is 26.7 Å². The molecule has 0 aromatic heterocycles. The Balaban J connectivity index is 1.82. The monoisotopic (exact) mass is 139 g/mol. The van der Waals surface area contributed by atoms with Gasteiger partial charge in [0.05, 0.1) is 0 Å². The van der Waals surface area contributed by atoms with Crippen molar-refractivity contribution < 1.29 is 0 Å². The quantitative estimate of drug-likeness (QED) is 0.563. The first-order chi connectivity index (χ1) is 4.77. The van der Waals surface area contributed by atoms with Crippen molar-refractivity contribution in [2.45, 2.75) is 32.7 Å². The number of fused-ring (bicyclic) bond motifs is 1. The zero-order valence-electron chi connectivity index (χ0n) is 7.01. The summed E-state index contributed by atoms with van der Waals surface area (Å²) in [5, 5.41) is 0. The highest BCUT2D eigenvalue weighted by Crippen LogP contribution is 2.44. The van der Waals surface area contributed by atoms with Crippen LogP contribution in [0.2, 0.25) is 0 Å². The highest BCUT2D eigenvalue weighted by atomic mass is 15.2. The van der Waals surface area contributed by atoms with E-state index in [0.717, 1.165) is 17.9 Å². The highest BCUT2D eigenvalue weighted by Gasteiger charge is 2.46. The molecular weight excluding hydrogens is 122 g/mol. The number of hydrogen-bond donors (Lipinski definition) is 0. The first kappa shape index (κ1) is 6.66. The third-order valence-electron chi connectivity index (χ3n) is 2.74. The van der Waals surface area contributed by atoms with Crippen molar-refractivity contribution in [3.05, 3.63) is 0 Å². The molecule has 58 valence electrons. The predicted octanol–water partition coefficient (Wildman–Crippen LogP) is 1.74. The summed E-state index contributed by atoms with van der Waals surface area (Å²) in [6.07, 6.45) is 2.99. The third kappa shape index (κ3) is 1.07. The molecule has 0 bridgehead atoms. The van der Waals surface area contributed by atoms with Gasteiger partial charge in [-0.25, -0.2) is 0 Å². The molecule has 1 aliphatic heterocycles. The molecule has 10 heavy (non-hydrogen) atoms. The Morgan fingerprint density at radius 1 is 1.50 bits per heavy atom. The summed E-state index contributed by atoms with van der Waals surface area (Å²) in [5.74, 6) is 1.97. The second-order valence-electron chi connectivity index (χ2n) is 4.24. The van der Waals surface area contributed by atoms with Crippen LogP contribution in [0.25, 0.3) is 0 Å². The molecule has 1 heterocycles. The average Bonchev–Trinajstić information content (AvgIpc) is 2.52. The van der Waals surface area contributed by atoms with Crippen molar-refractivity contribution in [2.75, 3.05) is 13.1 Å². The molecule has 1 heteroatoms. The summed E-state index contributed by atoms with van der Waals surface area (Å²) < 4.78 is 0. The predicted molar refractivity (Wildman–Crippen MR) is 42.9 cm³/mol. The summed E-state index contributed by atoms with van der Waals surface area (Å²) >= 11 is 0. The Kier molecular flexibility index (Phi) is 1.48. The van der Waals surface area contributed by atoms with Crippen molar-refractivity contribution in [3.8, 4) is 0 Å². The lowest BCUT2D eigenvalue weighted by Gasteiger charge is -2.19. The SMILES string of the molecule is CC(C)CN1CC[C@@H]2C[C@@H]21. The van der Waals surface area contributed by atoms with E-state index >= 15 is 0 Å². The smallest absolute Gasteiger partial charge is 0.0128 e. The molecule has 0 aromatic rings. The van der Waals surface area contributed by atoms with Gasteiger partial charge in [-0.1, -0.05) is 13.8 Å². The lowest BCUT2D eigenvalue weighted by Crippen LogP contribution is -2.27. The van der Waals surface area contributed by atoms with Crippen molar-refractivity contribution in [3.63, 3.8) is 0 Å². The zero-order chi connectivity index (χ0) is 7.14. The minimum absolute atomic E-state index is 0.861. The standard InChI is InChI=1S/C9H17N/c1-7(2)6-10-4-3-8-5-9(8)10/h7-9H,3-6H2,1-2H3/t8-,9+/m1/s1. The summed E-state index contributed by atoms with van der Waals surface area (Å²) in [6.45, 7) is 7.35. The van der Waals surface area contributed by atoms with Gasteiger partial charge in [0, 0.05) is 12.6 Å². The van der Waals surface area contributed by atoms with E-state index in [1.165, 1.54) is 25.9 Å². The van der Waals surface area contributed by atoms with Gasteiger partial charge < -0.3 is 0 Å². The van der Waals surface area contributed by atoms with E-state index in [2.05, 4.69) is 18.7 Å². The van der Waals surface area contributed by atoms with Crippen molar-refractivity contribution >= 4 is 0 Å². The van der Waals surface area contributed by atoms with Gasteiger partial charge in [-0.3, -0.25) is 4.90 Å². The topological polar surface area (TPSA) is 3.24 Å². The van der Waals surface area contributed by atoms with Gasteiger partial charge in [-0.05, 0) is 31.2 Å². The number of piperidine rings is 1. The van der Waals surface area contributed by atoms with Crippen LogP contribution < -0.4 is 0 Å². The highest BCUT2D eigenvalue weighted by molar-refractivity contribution is 5.00. The van der Waals surface area contributed by atoms with Crippen LogP contribution in [-0.4, -0.2) is 24.0 Å². The molecule has 2 aliphatic rings. The van der Waals surface area contributed by atoms with Gasteiger partial charge in [-0.2, -0.15) is 0 Å². The van der Waals surface area contributed by atoms with Crippen molar-refractivity contribution in [1.82, 2.24) is 4.90 Å². The first-order valence-corrected chi connectivity index (χ1v) is 4.51. The Morgan fingerprint density at radius 3 is 2.70 bits per heavy atom. The maximum absolute atomic E-state index is 2.68. The minimum atomic E-state index is 0.861. The zero-order valence-corrected chi connectivity index (χ0v) is 7.01. The van der Waals surface area contributed by atoms with Gasteiger partial charge in [0.1, 0.15) is 0 Å². The summed E-state index contributed by atoms with van der Waals surface area (Å²) in [4.78, 5) is 2.68. The Labute approximate surface area is 63.4 Å². The maximum atomic E-state index is 2.68. The van der Waals surface area contributed by atoms with Gasteiger partial charge in [0.25, 0.3) is 0 Å². The van der Waals surface area contributed by atoms with E-state index in [0.29, 0.717) is 0 Å². The molecule has 2 fully saturated rings. The fraction of sp³-hybridized carbons (Fsp3) is 1.00. The second-order valence-corrected chi connectivity index (χ2v) is 4.24. The number of nitrogens with zero attached hydrogens (tertiary/aromatic N) is 1. The molecule has 1 aliphatic carbocycles. The molecule has 0 amide bonds. The van der Waals surface area contributed by atoms with Crippen LogP contribution in [0.5, 0.6) is 0 Å². The van der Waals surface area contributed by atoms with Crippen LogP contribution >= 0.6 is 0 Å². The van der Waals surface area contributed by atoms with Crippen LogP contribution in [-0.2, 0) is 0 Å². The Morgan fingerprint density at radius 2 is 2.30 bits per heavy atom. The average molecular weight is 139 g/mol. The number of rotatable bonds is 2. The minimum Gasteiger partial charge on any atom is -0.300 e. The van der Waals surface area contributed by atoms with Crippen LogP contribution in [0.3, 0.4) is 0 Å². The fourth-order valence-electron chi connectivity index (χ4n) is 2.18. The van der Waals surface area contributed by atoms with Gasteiger partial charge in [0.2, 0.25) is 0 Å². The lowest BCUT2D eigenvalue weighted by atomic mass is 10.2. The van der Waals surface area contributed by atoms with Gasteiger partial charge in [0.15, 0.2) is 0 Å². The summed E-state index contributed by atoms with van der Waals surface area (Å²) in [7, 11) is 0. The normalized spacial score (nSPS) is 38.7. The van der Waals surface area contributed by atoms with Crippen molar-refractivity contribution in [1.29, 1.82) is 0 Å². The van der Waals surface area contributed by atoms with Crippen LogP contribution in [0.15, 0.2) is 0 Å². The van der Waals surface area contributed by atoms with Crippen LogP contribution in [0.4, 0.5) is 0 Å². The molecule has 1 nitrogen and oxygen atoms in total. The molecular formula is C9H17N. The number of hydrogen-bond acceptors (Lipinski definition) is 1. The van der Waals surface area contributed by atoms with E-state index in [-0.39, 0.29) is 0 Å². The van der Waals surface area contributed by atoms with E-state index in [9.17, 15) is 0 Å². The first-order valence-electron chi connectivity index (χ1n) is 4.51. The summed E-state index contributed by atoms with van der Waals surface area (Å²) in [6, 6.07) is 1.02. The molecule has 1 saturated carbocycles. The second kappa shape index (κ2) is 2.23. The molecule has 2 atom stereocenters. The van der Waals surface area contributed by atoms with Crippen molar-refractivity contribution in [2.24, 2.45) is 11.8 Å².